The molecule has 0 amide bonds. The van der Waals surface area contributed by atoms with Crippen molar-refractivity contribution >= 4 is 17.3 Å². The summed E-state index contributed by atoms with van der Waals surface area (Å²) in [5.41, 5.74) is 2.31. The largest absolute Gasteiger partial charge is 0.381 e. The van der Waals surface area contributed by atoms with Gasteiger partial charge in [0, 0.05) is 6.04 Å². The van der Waals surface area contributed by atoms with Crippen LogP contribution < -0.4 is 5.32 Å². The van der Waals surface area contributed by atoms with E-state index in [-0.39, 0.29) is 0 Å². The molecule has 0 aliphatic heterocycles. The fourth-order valence-electron chi connectivity index (χ4n) is 1.96. The lowest BCUT2D eigenvalue weighted by Crippen LogP contribution is -2.15. The predicted molar refractivity (Wildman–Crippen MR) is 78.0 cm³/mol. The van der Waals surface area contributed by atoms with E-state index in [2.05, 4.69) is 32.2 Å². The molecule has 96 valence electrons. The zero-order valence-corrected chi connectivity index (χ0v) is 12.0. The molecule has 1 N–H and O–H groups in total. The molecule has 0 radical (unpaired) electrons. The van der Waals surface area contributed by atoms with Crippen molar-refractivity contribution in [1.82, 2.24) is 0 Å². The Balaban J connectivity index is 2.39. The van der Waals surface area contributed by atoms with E-state index < -0.39 is 0 Å². The van der Waals surface area contributed by atoms with E-state index in [0.29, 0.717) is 6.04 Å². The smallest absolute Gasteiger partial charge is 0.0637 e. The molecule has 2 heteroatoms. The Morgan fingerprint density at radius 1 is 1.24 bits per heavy atom. The van der Waals surface area contributed by atoms with Crippen LogP contribution in [0.15, 0.2) is 18.2 Å². The first-order valence-electron chi connectivity index (χ1n) is 6.66. The molecule has 0 saturated heterocycles. The van der Waals surface area contributed by atoms with E-state index >= 15 is 0 Å². The topological polar surface area (TPSA) is 12.0 Å². The lowest BCUT2D eigenvalue weighted by Gasteiger charge is -2.16. The second-order valence-electron chi connectivity index (χ2n) is 4.88. The normalized spacial score (nSPS) is 12.5. The number of hydrogen-bond acceptors (Lipinski definition) is 1. The minimum absolute atomic E-state index is 0.492. The van der Waals surface area contributed by atoms with Gasteiger partial charge in [-0.25, -0.2) is 0 Å². The van der Waals surface area contributed by atoms with Gasteiger partial charge in [-0.3, -0.25) is 0 Å². The minimum Gasteiger partial charge on any atom is -0.381 e. The van der Waals surface area contributed by atoms with E-state index in [0.717, 1.165) is 10.7 Å². The fraction of sp³-hybridized carbons (Fsp3) is 0.600. The highest BCUT2D eigenvalue weighted by molar-refractivity contribution is 6.33. The van der Waals surface area contributed by atoms with Gasteiger partial charge in [0.1, 0.15) is 0 Å². The zero-order valence-electron chi connectivity index (χ0n) is 11.2. The molecule has 1 rings (SSSR count). The summed E-state index contributed by atoms with van der Waals surface area (Å²) in [4.78, 5) is 0. The van der Waals surface area contributed by atoms with Crippen LogP contribution in [0, 0.1) is 6.92 Å². The highest BCUT2D eigenvalue weighted by atomic mass is 35.5. The van der Waals surface area contributed by atoms with Crippen LogP contribution in [0.2, 0.25) is 5.02 Å². The van der Waals surface area contributed by atoms with E-state index in [1.54, 1.807) is 0 Å². The fourth-order valence-corrected chi connectivity index (χ4v) is 2.14. The number of hydrogen-bond donors (Lipinski definition) is 1. The second kappa shape index (κ2) is 7.60. The van der Waals surface area contributed by atoms with Gasteiger partial charge < -0.3 is 5.32 Å². The summed E-state index contributed by atoms with van der Waals surface area (Å²) in [7, 11) is 0. The third-order valence-electron chi connectivity index (χ3n) is 3.01. The van der Waals surface area contributed by atoms with Gasteiger partial charge in [-0.2, -0.15) is 0 Å². The molecular weight excluding hydrogens is 230 g/mol. The molecule has 1 nitrogen and oxygen atoms in total. The molecule has 0 spiro atoms. The standard InChI is InChI=1S/C15H24ClN/c1-4-5-6-7-8-13(3)17-15-11-12(2)9-10-14(15)16/h9-11,13,17H,4-8H2,1-3H3. The molecule has 0 heterocycles. The number of benzene rings is 1. The molecule has 0 aliphatic carbocycles. The third-order valence-corrected chi connectivity index (χ3v) is 3.34. The first-order chi connectivity index (χ1) is 8.13. The number of rotatable bonds is 7. The van der Waals surface area contributed by atoms with E-state index in [1.165, 1.54) is 37.7 Å². The first kappa shape index (κ1) is 14.4. The van der Waals surface area contributed by atoms with E-state index in [9.17, 15) is 0 Å². The summed E-state index contributed by atoms with van der Waals surface area (Å²) in [6.07, 6.45) is 6.49. The van der Waals surface area contributed by atoms with Crippen LogP contribution in [0.1, 0.15) is 51.5 Å². The molecule has 1 atom stereocenters. The lowest BCUT2D eigenvalue weighted by atomic mass is 10.1. The van der Waals surface area contributed by atoms with Gasteiger partial charge in [-0.15, -0.1) is 0 Å². The highest BCUT2D eigenvalue weighted by Crippen LogP contribution is 2.24. The summed E-state index contributed by atoms with van der Waals surface area (Å²) in [6, 6.07) is 6.61. The highest BCUT2D eigenvalue weighted by Gasteiger charge is 2.05. The van der Waals surface area contributed by atoms with Crippen molar-refractivity contribution in [2.45, 2.75) is 58.9 Å². The number of aryl methyl sites for hydroxylation is 1. The predicted octanol–water partition coefficient (Wildman–Crippen LogP) is 5.42. The summed E-state index contributed by atoms with van der Waals surface area (Å²) >= 11 is 6.16. The Bertz CT molecular complexity index is 336. The van der Waals surface area contributed by atoms with Gasteiger partial charge in [-0.05, 0) is 38.0 Å². The van der Waals surface area contributed by atoms with E-state index in [1.807, 2.05) is 12.1 Å². The third kappa shape index (κ3) is 5.45. The Kier molecular flexibility index (Phi) is 6.43. The van der Waals surface area contributed by atoms with Gasteiger partial charge in [0.05, 0.1) is 10.7 Å². The van der Waals surface area contributed by atoms with Crippen LogP contribution in [0.5, 0.6) is 0 Å². The average Bonchev–Trinajstić information content (AvgIpc) is 2.29. The maximum Gasteiger partial charge on any atom is 0.0637 e. The molecule has 0 fully saturated rings. The van der Waals surface area contributed by atoms with Crippen molar-refractivity contribution in [3.8, 4) is 0 Å². The van der Waals surface area contributed by atoms with Gasteiger partial charge in [0.25, 0.3) is 0 Å². The Hall–Kier alpha value is -0.690. The SMILES string of the molecule is CCCCCCC(C)Nc1cc(C)ccc1Cl. The maximum absolute atomic E-state index is 6.16. The average molecular weight is 254 g/mol. The minimum atomic E-state index is 0.492. The van der Waals surface area contributed by atoms with Crippen molar-refractivity contribution in [2.75, 3.05) is 5.32 Å². The summed E-state index contributed by atoms with van der Waals surface area (Å²) < 4.78 is 0. The lowest BCUT2D eigenvalue weighted by molar-refractivity contribution is 0.594. The second-order valence-corrected chi connectivity index (χ2v) is 5.29. The van der Waals surface area contributed by atoms with Crippen molar-refractivity contribution in [3.05, 3.63) is 28.8 Å². The van der Waals surface area contributed by atoms with Gasteiger partial charge in [0.2, 0.25) is 0 Å². The molecule has 1 aromatic rings. The molecule has 0 bridgehead atoms. The number of anilines is 1. The zero-order chi connectivity index (χ0) is 12.7. The molecule has 17 heavy (non-hydrogen) atoms. The van der Waals surface area contributed by atoms with Crippen molar-refractivity contribution in [3.63, 3.8) is 0 Å². The van der Waals surface area contributed by atoms with Gasteiger partial charge in [-0.1, -0.05) is 50.3 Å². The molecule has 0 saturated carbocycles. The number of halogens is 1. The number of nitrogens with one attached hydrogen (secondary N) is 1. The Morgan fingerprint density at radius 2 is 2.00 bits per heavy atom. The molecular formula is C15H24ClN. The quantitative estimate of drug-likeness (QED) is 0.640. The van der Waals surface area contributed by atoms with Crippen molar-refractivity contribution in [2.24, 2.45) is 0 Å². The first-order valence-corrected chi connectivity index (χ1v) is 7.04. The van der Waals surface area contributed by atoms with Crippen molar-refractivity contribution in [1.29, 1.82) is 0 Å². The van der Waals surface area contributed by atoms with Crippen LogP contribution in [0.3, 0.4) is 0 Å². The Morgan fingerprint density at radius 3 is 2.71 bits per heavy atom. The summed E-state index contributed by atoms with van der Waals surface area (Å²) in [5, 5.41) is 4.31. The van der Waals surface area contributed by atoms with Crippen molar-refractivity contribution < 1.29 is 0 Å². The van der Waals surface area contributed by atoms with Gasteiger partial charge in [0.15, 0.2) is 0 Å². The Labute approximate surface area is 111 Å². The van der Waals surface area contributed by atoms with Crippen LogP contribution in [0.25, 0.3) is 0 Å². The molecule has 1 aromatic carbocycles. The maximum atomic E-state index is 6.16. The van der Waals surface area contributed by atoms with Crippen LogP contribution in [-0.2, 0) is 0 Å². The monoisotopic (exact) mass is 253 g/mol. The van der Waals surface area contributed by atoms with Gasteiger partial charge >= 0.3 is 0 Å². The van der Waals surface area contributed by atoms with Crippen LogP contribution in [0.4, 0.5) is 5.69 Å². The molecule has 1 unspecified atom stereocenters. The summed E-state index contributed by atoms with van der Waals surface area (Å²) in [6.45, 7) is 6.56. The molecule has 0 aliphatic rings. The van der Waals surface area contributed by atoms with Crippen LogP contribution in [-0.4, -0.2) is 6.04 Å². The van der Waals surface area contributed by atoms with E-state index in [4.69, 9.17) is 11.6 Å². The van der Waals surface area contributed by atoms with Crippen LogP contribution >= 0.6 is 11.6 Å². The molecule has 0 aromatic heterocycles. The summed E-state index contributed by atoms with van der Waals surface area (Å²) in [5.74, 6) is 0. The number of unbranched alkanes of at least 4 members (excludes halogenated alkanes) is 3.